The Kier molecular flexibility index (Phi) is 131. The van der Waals surface area contributed by atoms with Crippen molar-refractivity contribution in [3.63, 3.8) is 0 Å². The molecular weight excluding hydrogens is 1610 g/mol. The van der Waals surface area contributed by atoms with Gasteiger partial charge in [-0.05, 0) is 249 Å². The van der Waals surface area contributed by atoms with Crippen molar-refractivity contribution >= 4 is 92.5 Å². The quantitative estimate of drug-likeness (QED) is 0.0284. The minimum Gasteiger partial charge on any atom is -0.455 e. The molecule has 0 saturated heterocycles. The summed E-state index contributed by atoms with van der Waals surface area (Å²) in [6.07, 6.45) is 28.5. The Morgan fingerprint density at radius 3 is 0.596 bits per heavy atom. The number of ether oxygens (including phenoxy) is 5. The third-order valence-electron chi connectivity index (χ3n) is 17.5. The highest BCUT2D eigenvalue weighted by Gasteiger charge is 2.36. The Labute approximate surface area is 736 Å². The molecular formula is C87H230O16Si11. The van der Waals surface area contributed by atoms with Gasteiger partial charge in [-0.2, -0.15) is 0 Å². The molecule has 0 spiro atoms. The molecule has 0 amide bonds. The van der Waals surface area contributed by atoms with E-state index in [-0.39, 0.29) is 122 Å². The first-order valence-corrected chi connectivity index (χ1v) is 74.9. The van der Waals surface area contributed by atoms with Gasteiger partial charge in [0.1, 0.15) is 0 Å². The molecule has 1 unspecified atom stereocenters. The third kappa shape index (κ3) is 120. The van der Waals surface area contributed by atoms with E-state index in [0.717, 1.165) is 90.4 Å². The van der Waals surface area contributed by atoms with Crippen molar-refractivity contribution in [3.05, 3.63) is 0 Å². The lowest BCUT2D eigenvalue weighted by Crippen LogP contribution is -2.44. The zero-order valence-electron chi connectivity index (χ0n) is 73.0. The summed E-state index contributed by atoms with van der Waals surface area (Å²) in [6.45, 7) is 68.1. The topological polar surface area (TPSA) is 203 Å². The van der Waals surface area contributed by atoms with Gasteiger partial charge in [-0.25, -0.2) is 0 Å². The van der Waals surface area contributed by atoms with Crippen LogP contribution in [-0.2, 0) is 48.4 Å². The number of aliphatic hydroxyl groups is 5. The SMILES string of the molecule is C.C.C.C.C.C.C.C.C.C.C.C.CCCC[Si](C)(C)O[SiH](C)O[Si](C)(C)CCCOCCO.CCCC[Si](C)(C)O[Si](C)(C)CCCCCCCCOCCO.CCCC[Si](C)(C)O[Si](C)(C)CCCCOCCO.CCCC[Si](C)(C)O[Si](C)(C)CCCOCCCCO.CCCC[Si](C)(C)O[Si](C)(C)CCCOCCCO. The van der Waals surface area contributed by atoms with Crippen LogP contribution in [0.5, 0.6) is 0 Å². The van der Waals surface area contributed by atoms with Crippen LogP contribution in [0.25, 0.3) is 0 Å². The van der Waals surface area contributed by atoms with Crippen molar-refractivity contribution in [2.45, 2.75) is 476 Å². The molecule has 718 valence electrons. The van der Waals surface area contributed by atoms with E-state index in [0.29, 0.717) is 33.0 Å². The predicted molar refractivity (Wildman–Crippen MR) is 552 cm³/mol. The Bertz CT molecular complexity index is 1740. The predicted octanol–water partition coefficient (Wildman–Crippen LogP) is 29.1. The second-order valence-corrected chi connectivity index (χ2v) is 81.2. The first kappa shape index (κ1) is 156. The Morgan fingerprint density at radius 2 is 0.351 bits per heavy atom. The molecule has 1 atom stereocenters. The zero-order chi connectivity index (χ0) is 79.0. The molecule has 0 aliphatic heterocycles. The first-order chi connectivity index (χ1) is 47.5. The lowest BCUT2D eigenvalue weighted by molar-refractivity contribution is 0.0895. The molecule has 0 heterocycles. The van der Waals surface area contributed by atoms with E-state index >= 15 is 0 Å². The van der Waals surface area contributed by atoms with Crippen LogP contribution in [0.1, 0.15) is 278 Å². The zero-order valence-corrected chi connectivity index (χ0v) is 84.1. The fraction of sp³-hybridized carbons (Fsp3) is 1.00. The lowest BCUT2D eigenvalue weighted by Gasteiger charge is -2.34. The number of hydrogen-bond donors (Lipinski definition) is 5. The van der Waals surface area contributed by atoms with Crippen molar-refractivity contribution in [2.75, 3.05) is 99.1 Å². The van der Waals surface area contributed by atoms with Crippen LogP contribution in [0.15, 0.2) is 0 Å². The highest BCUT2D eigenvalue weighted by molar-refractivity contribution is 6.87. The molecule has 0 aromatic heterocycles. The van der Waals surface area contributed by atoms with Crippen LogP contribution in [0.3, 0.4) is 0 Å². The minimum absolute atomic E-state index is 0. The summed E-state index contributed by atoms with van der Waals surface area (Å²) in [5.74, 6) is 0. The van der Waals surface area contributed by atoms with Gasteiger partial charge in [-0.3, -0.25) is 0 Å². The van der Waals surface area contributed by atoms with Crippen molar-refractivity contribution in [1.82, 2.24) is 0 Å². The number of unbranched alkanes of at least 4 members (excludes halogenated alkanes) is 12. The monoisotopic (exact) mass is 1840 g/mol. The molecule has 27 heteroatoms. The van der Waals surface area contributed by atoms with Crippen molar-refractivity contribution in [3.8, 4) is 0 Å². The second-order valence-electron chi connectivity index (χ2n) is 34.7. The van der Waals surface area contributed by atoms with E-state index in [1.807, 2.05) is 0 Å². The molecule has 0 saturated carbocycles. The van der Waals surface area contributed by atoms with Gasteiger partial charge < -0.3 is 73.9 Å². The second kappa shape index (κ2) is 95.4. The van der Waals surface area contributed by atoms with E-state index in [4.69, 9.17) is 73.9 Å². The maximum absolute atomic E-state index is 8.68. The van der Waals surface area contributed by atoms with E-state index in [1.54, 1.807) is 0 Å². The van der Waals surface area contributed by atoms with Crippen molar-refractivity contribution in [1.29, 1.82) is 0 Å². The minimum atomic E-state index is -1.64. The fourth-order valence-corrected chi connectivity index (χ4v) is 59.8. The molecule has 0 bridgehead atoms. The van der Waals surface area contributed by atoms with Crippen LogP contribution in [0.4, 0.5) is 0 Å². The Morgan fingerprint density at radius 1 is 0.184 bits per heavy atom. The van der Waals surface area contributed by atoms with Gasteiger partial charge in [-0.1, -0.05) is 226 Å². The molecule has 114 heavy (non-hydrogen) atoms. The van der Waals surface area contributed by atoms with Gasteiger partial charge in [0.25, 0.3) is 9.28 Å². The Balaban J connectivity index is -0.0000000671. The average molecular weight is 1840 g/mol. The molecule has 16 nitrogen and oxygen atoms in total. The first-order valence-electron chi connectivity index (χ1n) is 41.6. The fourth-order valence-electron chi connectivity index (χ4n) is 12.7. The van der Waals surface area contributed by atoms with E-state index in [2.05, 4.69) is 172 Å². The van der Waals surface area contributed by atoms with Gasteiger partial charge in [0.05, 0.1) is 39.6 Å². The van der Waals surface area contributed by atoms with Crippen LogP contribution in [0, 0.1) is 0 Å². The van der Waals surface area contributed by atoms with Gasteiger partial charge in [-0.15, -0.1) is 0 Å². The molecule has 0 aromatic rings. The lowest BCUT2D eigenvalue weighted by atomic mass is 10.1. The van der Waals surface area contributed by atoms with Crippen LogP contribution in [-0.4, -0.2) is 217 Å². The van der Waals surface area contributed by atoms with E-state index < -0.39 is 92.5 Å². The standard InChI is InChI=1S/C18H42O3Si2.C15H36O3Si2.C14H36O4Si3.2C14H34O3Si2.12CH4/c1-6-7-17-22(2,3)21-23(4,5)18-13-11-9-8-10-12-15-20-16-14-19;1-6-7-14-19(2,3)18-20(4,5)15-10-13-17-12-9-8-11-16;1-7-8-13-20(3,4)17-19(2)18-21(5,6)14-9-11-16-12-10-15;1-6-7-13-18(2,3)17-19(4,5)14-9-12-16-11-8-10-15;1-6-7-13-18(2,3)17-19(4,5)14-9-8-11-16-12-10-15;;;;;;;;;;;;/h19H,6-18H2,1-5H3;16H,6-15H2,1-5H3;15,19H,7-14H2,1-6H3;2*15H,6-14H2,1-5H3;12*1H4. The van der Waals surface area contributed by atoms with Crippen LogP contribution in [0.2, 0.25) is 198 Å². The third-order valence-corrected chi connectivity index (χ3v) is 58.5. The summed E-state index contributed by atoms with van der Waals surface area (Å²) in [6, 6.07) is 12.4. The van der Waals surface area contributed by atoms with E-state index in [9.17, 15) is 0 Å². The normalized spacial score (nSPS) is 11.8. The summed E-state index contributed by atoms with van der Waals surface area (Å²) < 4.78 is 65.9. The molecule has 0 aliphatic carbocycles. The van der Waals surface area contributed by atoms with Crippen molar-refractivity contribution < 1.29 is 73.9 Å². The summed E-state index contributed by atoms with van der Waals surface area (Å²) in [5.41, 5.74) is 0. The summed E-state index contributed by atoms with van der Waals surface area (Å²) in [7, 11) is -16.5. The van der Waals surface area contributed by atoms with Crippen molar-refractivity contribution in [2.24, 2.45) is 0 Å². The number of rotatable bonds is 66. The van der Waals surface area contributed by atoms with Gasteiger partial charge in [0.15, 0.2) is 83.2 Å². The molecule has 0 aliphatic rings. The maximum atomic E-state index is 8.68. The average Bonchev–Trinajstić information content (AvgIpc) is 0.904. The number of aliphatic hydroxyl groups excluding tert-OH is 5. The van der Waals surface area contributed by atoms with Crippen LogP contribution < -0.4 is 0 Å². The van der Waals surface area contributed by atoms with Gasteiger partial charge >= 0.3 is 0 Å². The Hall–Kier alpha value is 1.75. The van der Waals surface area contributed by atoms with Gasteiger partial charge in [0, 0.05) is 59.5 Å². The summed E-state index contributed by atoms with van der Waals surface area (Å²) in [4.78, 5) is 0. The van der Waals surface area contributed by atoms with Crippen LogP contribution >= 0.6 is 0 Å². The summed E-state index contributed by atoms with van der Waals surface area (Å²) >= 11 is 0. The smallest absolute Gasteiger partial charge is 0.297 e. The maximum Gasteiger partial charge on any atom is 0.297 e. The highest BCUT2D eigenvalue weighted by Crippen LogP contribution is 2.29. The molecule has 0 radical (unpaired) electrons. The summed E-state index contributed by atoms with van der Waals surface area (Å²) in [5, 5.41) is 43.2. The molecule has 0 rings (SSSR count). The molecule has 5 N–H and O–H groups in total. The number of hydrogen-bond acceptors (Lipinski definition) is 16. The van der Waals surface area contributed by atoms with Gasteiger partial charge in [0.2, 0.25) is 0 Å². The highest BCUT2D eigenvalue weighted by atomic mass is 28.5. The van der Waals surface area contributed by atoms with E-state index in [1.165, 1.54) is 157 Å². The molecule has 0 fully saturated rings. The molecule has 0 aromatic carbocycles. The largest absolute Gasteiger partial charge is 0.455 e.